The first-order valence-electron chi connectivity index (χ1n) is 9.31. The van der Waals surface area contributed by atoms with Crippen LogP contribution in [-0.2, 0) is 21.1 Å². The fourth-order valence-corrected chi connectivity index (χ4v) is 5.92. The molecule has 0 bridgehead atoms. The number of sulfone groups is 1. The predicted molar refractivity (Wildman–Crippen MR) is 104 cm³/mol. The van der Waals surface area contributed by atoms with Crippen molar-refractivity contribution in [2.75, 3.05) is 23.0 Å². The van der Waals surface area contributed by atoms with Crippen LogP contribution in [0, 0.1) is 11.7 Å². The number of carbonyl (C=O) groups is 1. The fraction of sp³-hybridized carbons (Fsp3) is 0.381. The summed E-state index contributed by atoms with van der Waals surface area (Å²) in [5, 5.41) is 0. The zero-order valence-corrected chi connectivity index (χ0v) is 15.8. The van der Waals surface area contributed by atoms with Crippen LogP contribution in [0.4, 0.5) is 10.1 Å². The standard InChI is InChI=1S/C21H22FNO3S/c22-19-5-1-4-16(13-19)17-6-7-20-18(12-17)8-9-23(20)21(24)11-15-3-2-10-27(25,26)14-15/h1,4-7,12-13,15H,2-3,8-11,14H2/t15-/m1/s1. The molecule has 0 radical (unpaired) electrons. The van der Waals surface area contributed by atoms with Gasteiger partial charge in [0.1, 0.15) is 5.82 Å². The number of rotatable bonds is 3. The molecule has 4 nitrogen and oxygen atoms in total. The van der Waals surface area contributed by atoms with Crippen LogP contribution in [-0.4, -0.2) is 32.4 Å². The zero-order valence-electron chi connectivity index (χ0n) is 15.0. The van der Waals surface area contributed by atoms with Gasteiger partial charge in [-0.05, 0) is 66.1 Å². The molecule has 2 aliphatic rings. The van der Waals surface area contributed by atoms with Crippen molar-refractivity contribution in [3.63, 3.8) is 0 Å². The van der Waals surface area contributed by atoms with Gasteiger partial charge in [-0.25, -0.2) is 12.8 Å². The second-order valence-electron chi connectivity index (χ2n) is 7.48. The highest BCUT2D eigenvalue weighted by molar-refractivity contribution is 7.91. The van der Waals surface area contributed by atoms with E-state index >= 15 is 0 Å². The van der Waals surface area contributed by atoms with E-state index < -0.39 is 9.84 Å². The molecule has 1 atom stereocenters. The average molecular weight is 387 g/mol. The molecule has 2 heterocycles. The zero-order chi connectivity index (χ0) is 19.0. The number of fused-ring (bicyclic) bond motifs is 1. The Bertz CT molecular complexity index is 987. The number of carbonyl (C=O) groups excluding carboxylic acids is 1. The van der Waals surface area contributed by atoms with E-state index in [1.165, 1.54) is 12.1 Å². The Balaban J connectivity index is 1.51. The largest absolute Gasteiger partial charge is 0.312 e. The summed E-state index contributed by atoms with van der Waals surface area (Å²) in [6, 6.07) is 12.3. The first-order chi connectivity index (χ1) is 12.9. The van der Waals surface area contributed by atoms with Crippen LogP contribution >= 0.6 is 0 Å². The van der Waals surface area contributed by atoms with Crippen molar-refractivity contribution < 1.29 is 17.6 Å². The molecule has 1 amide bonds. The summed E-state index contributed by atoms with van der Waals surface area (Å²) in [6.45, 7) is 0.611. The predicted octanol–water partition coefficient (Wildman–Crippen LogP) is 3.60. The number of hydrogen-bond donors (Lipinski definition) is 0. The van der Waals surface area contributed by atoms with E-state index in [-0.39, 0.29) is 35.6 Å². The van der Waals surface area contributed by atoms with Gasteiger partial charge in [-0.3, -0.25) is 4.79 Å². The van der Waals surface area contributed by atoms with E-state index in [2.05, 4.69) is 0 Å². The second kappa shape index (κ2) is 7.08. The summed E-state index contributed by atoms with van der Waals surface area (Å²) in [7, 11) is -3.00. The Hall–Kier alpha value is -2.21. The maximum atomic E-state index is 13.5. The highest BCUT2D eigenvalue weighted by Crippen LogP contribution is 2.34. The molecular formula is C21H22FNO3S. The summed E-state index contributed by atoms with van der Waals surface area (Å²) >= 11 is 0. The lowest BCUT2D eigenvalue weighted by Crippen LogP contribution is -2.34. The Kier molecular flexibility index (Phi) is 4.76. The minimum absolute atomic E-state index is 0.00523. The molecule has 0 saturated carbocycles. The van der Waals surface area contributed by atoms with Gasteiger partial charge in [-0.1, -0.05) is 18.2 Å². The lowest BCUT2D eigenvalue weighted by atomic mass is 10.00. The lowest BCUT2D eigenvalue weighted by molar-refractivity contribution is -0.119. The molecule has 0 N–H and O–H groups in total. The van der Waals surface area contributed by atoms with Crippen LogP contribution in [0.5, 0.6) is 0 Å². The number of nitrogens with zero attached hydrogens (tertiary/aromatic N) is 1. The highest BCUT2D eigenvalue weighted by atomic mass is 32.2. The van der Waals surface area contributed by atoms with E-state index in [4.69, 9.17) is 0 Å². The van der Waals surface area contributed by atoms with Crippen LogP contribution in [0.2, 0.25) is 0 Å². The molecule has 0 unspecified atom stereocenters. The Labute approximate surface area is 158 Å². The molecule has 4 rings (SSSR count). The van der Waals surface area contributed by atoms with Crippen molar-refractivity contribution in [3.05, 3.63) is 53.8 Å². The Morgan fingerprint density at radius 1 is 1.15 bits per heavy atom. The third-order valence-electron chi connectivity index (χ3n) is 5.45. The van der Waals surface area contributed by atoms with Gasteiger partial charge in [-0.2, -0.15) is 0 Å². The smallest absolute Gasteiger partial charge is 0.227 e. The summed E-state index contributed by atoms with van der Waals surface area (Å²) in [5.74, 6) is 0.0128. The van der Waals surface area contributed by atoms with E-state index in [0.29, 0.717) is 13.0 Å². The summed E-state index contributed by atoms with van der Waals surface area (Å²) in [6.07, 6.45) is 2.48. The lowest BCUT2D eigenvalue weighted by Gasteiger charge is -2.24. The molecule has 0 aromatic heterocycles. The first-order valence-corrected chi connectivity index (χ1v) is 11.1. The number of amides is 1. The molecule has 0 aliphatic carbocycles. The van der Waals surface area contributed by atoms with E-state index in [9.17, 15) is 17.6 Å². The average Bonchev–Trinajstić information content (AvgIpc) is 3.04. The van der Waals surface area contributed by atoms with Crippen LogP contribution in [0.1, 0.15) is 24.8 Å². The Morgan fingerprint density at radius 2 is 1.96 bits per heavy atom. The number of hydrogen-bond acceptors (Lipinski definition) is 3. The minimum Gasteiger partial charge on any atom is -0.312 e. The summed E-state index contributed by atoms with van der Waals surface area (Å²) in [5.41, 5.74) is 3.70. The minimum atomic E-state index is -3.00. The van der Waals surface area contributed by atoms with E-state index in [1.54, 1.807) is 11.0 Å². The maximum Gasteiger partial charge on any atom is 0.227 e. The van der Waals surface area contributed by atoms with Gasteiger partial charge in [0.15, 0.2) is 9.84 Å². The van der Waals surface area contributed by atoms with Gasteiger partial charge >= 0.3 is 0 Å². The maximum absolute atomic E-state index is 13.5. The third-order valence-corrected chi connectivity index (χ3v) is 7.34. The fourth-order valence-electron chi connectivity index (χ4n) is 4.14. The van der Waals surface area contributed by atoms with Crippen LogP contribution in [0.3, 0.4) is 0 Å². The number of benzene rings is 2. The molecule has 2 aromatic carbocycles. The Morgan fingerprint density at radius 3 is 2.74 bits per heavy atom. The first kappa shape index (κ1) is 18.2. The molecule has 0 spiro atoms. The van der Waals surface area contributed by atoms with Crippen molar-refractivity contribution in [1.29, 1.82) is 0 Å². The second-order valence-corrected chi connectivity index (χ2v) is 9.70. The van der Waals surface area contributed by atoms with Crippen LogP contribution in [0.25, 0.3) is 11.1 Å². The van der Waals surface area contributed by atoms with Crippen LogP contribution < -0.4 is 4.90 Å². The molecular weight excluding hydrogens is 365 g/mol. The normalized spacial score (nSPS) is 21.1. The van der Waals surface area contributed by atoms with Gasteiger partial charge in [0, 0.05) is 18.7 Å². The van der Waals surface area contributed by atoms with Crippen molar-refractivity contribution in [3.8, 4) is 11.1 Å². The molecule has 1 saturated heterocycles. The van der Waals surface area contributed by atoms with E-state index in [1.807, 2.05) is 24.3 Å². The van der Waals surface area contributed by atoms with Crippen molar-refractivity contribution in [1.82, 2.24) is 0 Å². The summed E-state index contributed by atoms with van der Waals surface area (Å²) < 4.78 is 37.1. The topological polar surface area (TPSA) is 54.5 Å². The molecule has 2 aromatic rings. The van der Waals surface area contributed by atoms with Crippen molar-refractivity contribution in [2.24, 2.45) is 5.92 Å². The third kappa shape index (κ3) is 3.90. The number of halogens is 1. The van der Waals surface area contributed by atoms with Crippen molar-refractivity contribution >= 4 is 21.4 Å². The SMILES string of the molecule is O=C(C[C@H]1CCCS(=O)(=O)C1)N1CCc2cc(-c3cccc(F)c3)ccc21. The monoisotopic (exact) mass is 387 g/mol. The molecule has 2 aliphatic heterocycles. The summed E-state index contributed by atoms with van der Waals surface area (Å²) in [4.78, 5) is 14.5. The quantitative estimate of drug-likeness (QED) is 0.809. The van der Waals surface area contributed by atoms with Gasteiger partial charge in [0.2, 0.25) is 5.91 Å². The molecule has 142 valence electrons. The van der Waals surface area contributed by atoms with Gasteiger partial charge in [0.05, 0.1) is 11.5 Å². The molecule has 6 heteroatoms. The van der Waals surface area contributed by atoms with E-state index in [0.717, 1.165) is 35.2 Å². The van der Waals surface area contributed by atoms with Gasteiger partial charge in [0.25, 0.3) is 0 Å². The van der Waals surface area contributed by atoms with Crippen LogP contribution in [0.15, 0.2) is 42.5 Å². The number of anilines is 1. The van der Waals surface area contributed by atoms with Gasteiger partial charge < -0.3 is 4.90 Å². The molecule has 27 heavy (non-hydrogen) atoms. The molecule has 1 fully saturated rings. The van der Waals surface area contributed by atoms with Crippen molar-refractivity contribution in [2.45, 2.75) is 25.7 Å². The van der Waals surface area contributed by atoms with Gasteiger partial charge in [-0.15, -0.1) is 0 Å². The highest BCUT2D eigenvalue weighted by Gasteiger charge is 2.30.